The Morgan fingerprint density at radius 2 is 1.50 bits per heavy atom. The van der Waals surface area contributed by atoms with Gasteiger partial charge in [-0.15, -0.1) is 0 Å². The predicted octanol–water partition coefficient (Wildman–Crippen LogP) is 6.56. The summed E-state index contributed by atoms with van der Waals surface area (Å²) in [7, 11) is 0. The molecule has 0 spiro atoms. The van der Waals surface area contributed by atoms with E-state index >= 15 is 0 Å². The highest BCUT2D eigenvalue weighted by Gasteiger charge is 2.30. The topological polar surface area (TPSA) is 49.4 Å². The standard InChI is InChI=1S/C31H37ClN2O2/c1-4-20-33-31(36)29(21-25-8-6-5-7-9-25)34(22-26-12-17-28(32)18-13-26)30(35)19-14-24-10-15-27(16-11-24)23(2)3/h5-13,15-18,23,29H,4,14,19-22H2,1-3H3,(H,33,36). The molecule has 5 heteroatoms. The lowest BCUT2D eigenvalue weighted by Crippen LogP contribution is -2.50. The zero-order chi connectivity index (χ0) is 25.9. The number of amides is 2. The molecular formula is C31H37ClN2O2. The van der Waals surface area contributed by atoms with Crippen molar-refractivity contribution in [3.63, 3.8) is 0 Å². The van der Waals surface area contributed by atoms with Gasteiger partial charge in [0.2, 0.25) is 11.8 Å². The van der Waals surface area contributed by atoms with Crippen LogP contribution in [0.1, 0.15) is 61.8 Å². The lowest BCUT2D eigenvalue weighted by Gasteiger charge is -2.31. The van der Waals surface area contributed by atoms with E-state index in [1.807, 2.05) is 61.5 Å². The molecule has 0 aliphatic carbocycles. The van der Waals surface area contributed by atoms with E-state index in [1.54, 1.807) is 4.90 Å². The molecule has 3 aromatic rings. The van der Waals surface area contributed by atoms with Gasteiger partial charge in [-0.3, -0.25) is 9.59 Å². The Kier molecular flexibility index (Phi) is 10.6. The average molecular weight is 505 g/mol. The highest BCUT2D eigenvalue weighted by Crippen LogP contribution is 2.19. The van der Waals surface area contributed by atoms with E-state index in [9.17, 15) is 9.59 Å². The molecule has 0 aliphatic rings. The maximum Gasteiger partial charge on any atom is 0.243 e. The average Bonchev–Trinajstić information content (AvgIpc) is 2.89. The molecule has 0 aliphatic heterocycles. The van der Waals surface area contributed by atoms with Gasteiger partial charge in [-0.05, 0) is 53.1 Å². The number of carbonyl (C=O) groups excluding carboxylic acids is 2. The van der Waals surface area contributed by atoms with Crippen molar-refractivity contribution >= 4 is 23.4 Å². The molecule has 1 atom stereocenters. The number of nitrogens with one attached hydrogen (secondary N) is 1. The van der Waals surface area contributed by atoms with Gasteiger partial charge in [-0.1, -0.05) is 99.1 Å². The second-order valence-electron chi connectivity index (χ2n) is 9.54. The molecule has 1 N–H and O–H groups in total. The monoisotopic (exact) mass is 504 g/mol. The lowest BCUT2D eigenvalue weighted by atomic mass is 9.99. The number of carbonyl (C=O) groups is 2. The summed E-state index contributed by atoms with van der Waals surface area (Å²) in [6, 6.07) is 25.2. The molecule has 0 fully saturated rings. The van der Waals surface area contributed by atoms with Crippen LogP contribution in [0.25, 0.3) is 0 Å². The van der Waals surface area contributed by atoms with Gasteiger partial charge >= 0.3 is 0 Å². The highest BCUT2D eigenvalue weighted by atomic mass is 35.5. The number of aryl methyl sites for hydroxylation is 1. The van der Waals surface area contributed by atoms with Crippen LogP contribution in [0.2, 0.25) is 5.02 Å². The van der Waals surface area contributed by atoms with Gasteiger partial charge in [0.05, 0.1) is 0 Å². The zero-order valence-corrected chi connectivity index (χ0v) is 22.3. The van der Waals surface area contributed by atoms with E-state index in [0.717, 1.165) is 23.1 Å². The van der Waals surface area contributed by atoms with E-state index in [2.05, 4.69) is 43.4 Å². The molecule has 4 nitrogen and oxygen atoms in total. The van der Waals surface area contributed by atoms with E-state index < -0.39 is 6.04 Å². The van der Waals surface area contributed by atoms with Crippen LogP contribution >= 0.6 is 11.6 Å². The van der Waals surface area contributed by atoms with Crippen molar-refractivity contribution in [3.8, 4) is 0 Å². The van der Waals surface area contributed by atoms with Crippen molar-refractivity contribution in [1.29, 1.82) is 0 Å². The third-order valence-corrected chi connectivity index (χ3v) is 6.61. The van der Waals surface area contributed by atoms with Gasteiger partial charge in [0, 0.05) is 31.0 Å². The number of nitrogens with zero attached hydrogens (tertiary/aromatic N) is 1. The lowest BCUT2D eigenvalue weighted by molar-refractivity contribution is -0.141. The van der Waals surface area contributed by atoms with Crippen molar-refractivity contribution in [2.45, 2.75) is 65.0 Å². The van der Waals surface area contributed by atoms with Crippen LogP contribution in [0.5, 0.6) is 0 Å². The predicted molar refractivity (Wildman–Crippen MR) is 148 cm³/mol. The third kappa shape index (κ3) is 8.23. The summed E-state index contributed by atoms with van der Waals surface area (Å²) in [6.45, 7) is 7.29. The normalized spacial score (nSPS) is 11.8. The minimum atomic E-state index is -0.606. The molecule has 1 unspecified atom stereocenters. The van der Waals surface area contributed by atoms with Gasteiger partial charge in [-0.2, -0.15) is 0 Å². The summed E-state index contributed by atoms with van der Waals surface area (Å²) < 4.78 is 0. The Bertz CT molecular complexity index is 1100. The summed E-state index contributed by atoms with van der Waals surface area (Å²) in [4.78, 5) is 28.8. The summed E-state index contributed by atoms with van der Waals surface area (Å²) >= 11 is 6.09. The summed E-state index contributed by atoms with van der Waals surface area (Å²) in [5, 5.41) is 3.66. The maximum atomic E-state index is 13.7. The minimum absolute atomic E-state index is 0.0366. The number of benzene rings is 3. The Hall–Kier alpha value is -3.11. The summed E-state index contributed by atoms with van der Waals surface area (Å²) in [5.74, 6) is 0.311. The van der Waals surface area contributed by atoms with E-state index in [0.29, 0.717) is 43.3 Å². The van der Waals surface area contributed by atoms with E-state index in [4.69, 9.17) is 11.6 Å². The summed E-state index contributed by atoms with van der Waals surface area (Å²) in [6.07, 6.45) is 2.25. The van der Waals surface area contributed by atoms with Gasteiger partial charge < -0.3 is 10.2 Å². The van der Waals surface area contributed by atoms with Crippen LogP contribution in [-0.2, 0) is 29.0 Å². The number of hydrogen-bond acceptors (Lipinski definition) is 2. The molecular weight excluding hydrogens is 468 g/mol. The van der Waals surface area contributed by atoms with Crippen LogP contribution in [0, 0.1) is 0 Å². The first-order valence-electron chi connectivity index (χ1n) is 12.8. The fourth-order valence-corrected chi connectivity index (χ4v) is 4.30. The van der Waals surface area contributed by atoms with Crippen LogP contribution in [0.3, 0.4) is 0 Å². The molecule has 36 heavy (non-hydrogen) atoms. The maximum absolute atomic E-state index is 13.7. The molecule has 3 rings (SSSR count). The van der Waals surface area contributed by atoms with Crippen LogP contribution in [0.4, 0.5) is 0 Å². The van der Waals surface area contributed by atoms with E-state index in [1.165, 1.54) is 5.56 Å². The Morgan fingerprint density at radius 1 is 0.861 bits per heavy atom. The quantitative estimate of drug-likeness (QED) is 0.303. The number of halogens is 1. The largest absolute Gasteiger partial charge is 0.354 e. The first-order valence-corrected chi connectivity index (χ1v) is 13.2. The fourth-order valence-electron chi connectivity index (χ4n) is 4.17. The Morgan fingerprint density at radius 3 is 2.11 bits per heavy atom. The van der Waals surface area contributed by atoms with Crippen molar-refractivity contribution in [1.82, 2.24) is 10.2 Å². The molecule has 2 amide bonds. The highest BCUT2D eigenvalue weighted by molar-refractivity contribution is 6.30. The number of rotatable bonds is 12. The molecule has 0 aromatic heterocycles. The fraction of sp³-hybridized carbons (Fsp3) is 0.355. The van der Waals surface area contributed by atoms with Crippen LogP contribution in [-0.4, -0.2) is 29.3 Å². The molecule has 0 heterocycles. The van der Waals surface area contributed by atoms with E-state index in [-0.39, 0.29) is 11.8 Å². The van der Waals surface area contributed by atoms with Crippen molar-refractivity contribution < 1.29 is 9.59 Å². The molecule has 0 saturated heterocycles. The number of hydrogen-bond donors (Lipinski definition) is 1. The SMILES string of the molecule is CCCNC(=O)C(Cc1ccccc1)N(Cc1ccc(Cl)cc1)C(=O)CCc1ccc(C(C)C)cc1. The van der Waals surface area contributed by atoms with Crippen LogP contribution in [0.15, 0.2) is 78.9 Å². The Labute approximate surface area is 220 Å². The molecule has 0 bridgehead atoms. The van der Waals surface area contributed by atoms with Gasteiger partial charge in [0.25, 0.3) is 0 Å². The Balaban J connectivity index is 1.85. The van der Waals surface area contributed by atoms with Crippen molar-refractivity contribution in [3.05, 3.63) is 106 Å². The van der Waals surface area contributed by atoms with Gasteiger partial charge in [0.1, 0.15) is 6.04 Å². The smallest absolute Gasteiger partial charge is 0.243 e. The van der Waals surface area contributed by atoms with Crippen molar-refractivity contribution in [2.75, 3.05) is 6.54 Å². The van der Waals surface area contributed by atoms with Crippen molar-refractivity contribution in [2.24, 2.45) is 0 Å². The second-order valence-corrected chi connectivity index (χ2v) is 9.98. The van der Waals surface area contributed by atoms with Crippen LogP contribution < -0.4 is 5.32 Å². The minimum Gasteiger partial charge on any atom is -0.354 e. The second kappa shape index (κ2) is 13.8. The molecule has 0 saturated carbocycles. The first kappa shape index (κ1) is 27.5. The third-order valence-electron chi connectivity index (χ3n) is 6.36. The molecule has 190 valence electrons. The zero-order valence-electron chi connectivity index (χ0n) is 21.5. The van der Waals surface area contributed by atoms with Gasteiger partial charge in [0.15, 0.2) is 0 Å². The molecule has 0 radical (unpaired) electrons. The van der Waals surface area contributed by atoms with Gasteiger partial charge in [-0.25, -0.2) is 0 Å². The summed E-state index contributed by atoms with van der Waals surface area (Å²) in [5.41, 5.74) is 4.36. The first-order chi connectivity index (χ1) is 17.4. The molecule has 3 aromatic carbocycles.